The highest BCUT2D eigenvalue weighted by Crippen LogP contribution is 2.32. The number of methoxy groups -OCH3 is 1. The number of benzene rings is 1. The second kappa shape index (κ2) is 8.12. The number of carbonyl (C=O) groups is 1. The Kier molecular flexibility index (Phi) is 5.66. The summed E-state index contributed by atoms with van der Waals surface area (Å²) < 4.78 is 5.28. The van der Waals surface area contributed by atoms with E-state index in [0.717, 1.165) is 29.0 Å². The van der Waals surface area contributed by atoms with Crippen molar-refractivity contribution in [2.24, 2.45) is 11.0 Å². The summed E-state index contributed by atoms with van der Waals surface area (Å²) in [4.78, 5) is 14.3. The minimum Gasteiger partial charge on any atom is -0.496 e. The van der Waals surface area contributed by atoms with E-state index >= 15 is 0 Å². The number of para-hydroxylation sites is 1. The van der Waals surface area contributed by atoms with Crippen LogP contribution < -0.4 is 10.2 Å². The van der Waals surface area contributed by atoms with Crippen molar-refractivity contribution in [2.45, 2.75) is 26.2 Å². The zero-order valence-corrected chi connectivity index (χ0v) is 15.3. The number of amides is 1. The molecule has 130 valence electrons. The van der Waals surface area contributed by atoms with Gasteiger partial charge in [-0.3, -0.25) is 4.79 Å². The predicted octanol–water partition coefficient (Wildman–Crippen LogP) is 4.31. The quantitative estimate of drug-likeness (QED) is 0.642. The summed E-state index contributed by atoms with van der Waals surface area (Å²) in [6.45, 7) is 2.26. The molecule has 1 aromatic carbocycles. The van der Waals surface area contributed by atoms with Crippen LogP contribution in [0.3, 0.4) is 0 Å². The molecule has 5 heteroatoms. The van der Waals surface area contributed by atoms with Crippen molar-refractivity contribution in [2.75, 3.05) is 7.11 Å². The molecule has 3 rings (SSSR count). The largest absolute Gasteiger partial charge is 0.496 e. The molecule has 1 heterocycles. The van der Waals surface area contributed by atoms with Crippen molar-refractivity contribution >= 4 is 29.5 Å². The number of ether oxygens (including phenoxy) is 1. The van der Waals surface area contributed by atoms with E-state index in [4.69, 9.17) is 4.74 Å². The van der Waals surface area contributed by atoms with Gasteiger partial charge in [-0.1, -0.05) is 25.1 Å². The van der Waals surface area contributed by atoms with Gasteiger partial charge in [0.2, 0.25) is 0 Å². The molecule has 2 aromatic rings. The fraction of sp³-hybridized carbons (Fsp3) is 0.300. The van der Waals surface area contributed by atoms with Crippen molar-refractivity contribution in [3.8, 4) is 5.75 Å². The number of hydrazone groups is 1. The van der Waals surface area contributed by atoms with E-state index in [1.165, 1.54) is 16.9 Å². The van der Waals surface area contributed by atoms with Crippen LogP contribution in [0, 0.1) is 5.92 Å². The summed E-state index contributed by atoms with van der Waals surface area (Å²) in [5.41, 5.74) is 4.88. The molecule has 0 radical (unpaired) electrons. The molecule has 4 nitrogen and oxygen atoms in total. The van der Waals surface area contributed by atoms with Gasteiger partial charge in [-0.25, -0.2) is 5.43 Å². The highest BCUT2D eigenvalue weighted by molar-refractivity contribution is 7.14. The Morgan fingerprint density at radius 3 is 3.08 bits per heavy atom. The van der Waals surface area contributed by atoms with Crippen LogP contribution in [0.1, 0.15) is 39.0 Å². The van der Waals surface area contributed by atoms with Crippen molar-refractivity contribution in [1.29, 1.82) is 0 Å². The zero-order valence-electron chi connectivity index (χ0n) is 14.5. The first-order valence-electron chi connectivity index (χ1n) is 8.42. The molecule has 1 aromatic heterocycles. The maximum Gasteiger partial charge on any atom is 0.281 e. The minimum absolute atomic E-state index is 0.144. The Hall–Kier alpha value is -2.40. The van der Waals surface area contributed by atoms with E-state index in [1.54, 1.807) is 30.7 Å². The van der Waals surface area contributed by atoms with Crippen LogP contribution in [0.5, 0.6) is 5.75 Å². The molecule has 0 saturated carbocycles. The molecule has 0 fully saturated rings. The van der Waals surface area contributed by atoms with Crippen LogP contribution in [0.25, 0.3) is 6.08 Å². The summed E-state index contributed by atoms with van der Waals surface area (Å²) in [5.74, 6) is 1.36. The number of fused-ring (bicyclic) bond motifs is 1. The van der Waals surface area contributed by atoms with Gasteiger partial charge >= 0.3 is 0 Å². The van der Waals surface area contributed by atoms with Crippen LogP contribution in [0.2, 0.25) is 0 Å². The van der Waals surface area contributed by atoms with Gasteiger partial charge in [-0.15, -0.1) is 11.3 Å². The topological polar surface area (TPSA) is 50.7 Å². The number of hydrogen-bond acceptors (Lipinski definition) is 4. The van der Waals surface area contributed by atoms with Crippen molar-refractivity contribution in [3.63, 3.8) is 0 Å². The number of hydrogen-bond donors (Lipinski definition) is 1. The normalized spacial score (nSPS) is 17.0. The van der Waals surface area contributed by atoms with E-state index in [2.05, 4.69) is 17.5 Å². The predicted molar refractivity (Wildman–Crippen MR) is 103 cm³/mol. The molecule has 1 aliphatic rings. The number of rotatable bonds is 5. The molecular weight excluding hydrogens is 332 g/mol. The van der Waals surface area contributed by atoms with Crippen LogP contribution >= 0.6 is 11.3 Å². The monoisotopic (exact) mass is 354 g/mol. The molecule has 1 atom stereocenters. The molecule has 1 amide bonds. The van der Waals surface area contributed by atoms with Gasteiger partial charge < -0.3 is 4.74 Å². The number of nitrogens with one attached hydrogen (secondary N) is 1. The Balaban J connectivity index is 1.57. The summed E-state index contributed by atoms with van der Waals surface area (Å²) >= 11 is 1.59. The SMILES string of the molecule is COc1ccccc1C=CC=NNC(=O)c1cc2c(s1)CCC(C)C2. The lowest BCUT2D eigenvalue weighted by atomic mass is 9.90. The maximum atomic E-state index is 12.2. The lowest BCUT2D eigenvalue weighted by Crippen LogP contribution is -2.15. The Morgan fingerprint density at radius 2 is 2.24 bits per heavy atom. The van der Waals surface area contributed by atoms with E-state index in [9.17, 15) is 4.79 Å². The van der Waals surface area contributed by atoms with Crippen LogP contribution in [-0.4, -0.2) is 19.2 Å². The third kappa shape index (κ3) is 4.37. The molecule has 0 saturated heterocycles. The van der Waals surface area contributed by atoms with Crippen molar-refractivity contribution in [3.05, 3.63) is 57.3 Å². The average molecular weight is 354 g/mol. The van der Waals surface area contributed by atoms with Crippen LogP contribution in [0.4, 0.5) is 0 Å². The molecule has 1 unspecified atom stereocenters. The van der Waals surface area contributed by atoms with Crippen molar-refractivity contribution < 1.29 is 9.53 Å². The summed E-state index contributed by atoms with van der Waals surface area (Å²) in [5, 5.41) is 3.99. The first kappa shape index (κ1) is 17.4. The van der Waals surface area contributed by atoms with Gasteiger partial charge in [0.15, 0.2) is 0 Å². The third-order valence-electron chi connectivity index (χ3n) is 4.29. The van der Waals surface area contributed by atoms with E-state index in [-0.39, 0.29) is 5.91 Å². The average Bonchev–Trinajstić information content (AvgIpc) is 3.05. The molecule has 1 aliphatic carbocycles. The number of aryl methyl sites for hydroxylation is 1. The third-order valence-corrected chi connectivity index (χ3v) is 5.53. The Bertz CT molecular complexity index is 808. The summed E-state index contributed by atoms with van der Waals surface area (Å²) in [7, 11) is 1.64. The lowest BCUT2D eigenvalue weighted by Gasteiger charge is -2.16. The molecular formula is C20H22N2O2S. The standard InChI is InChI=1S/C20H22N2O2S/c1-14-9-10-18-16(12-14)13-19(25-18)20(23)22-21-11-5-7-15-6-3-4-8-17(15)24-2/h3-8,11,13-14H,9-10,12H2,1-2H3,(H,22,23). The van der Waals surface area contributed by atoms with Gasteiger partial charge in [-0.05, 0) is 55.0 Å². The van der Waals surface area contributed by atoms with Gasteiger partial charge in [0, 0.05) is 16.7 Å². The lowest BCUT2D eigenvalue weighted by molar-refractivity contribution is 0.0959. The van der Waals surface area contributed by atoms with Crippen LogP contribution in [0.15, 0.2) is 41.5 Å². The molecule has 0 aliphatic heterocycles. The zero-order chi connectivity index (χ0) is 17.6. The number of nitrogens with zero attached hydrogens (tertiary/aromatic N) is 1. The van der Waals surface area contributed by atoms with Gasteiger partial charge in [0.1, 0.15) is 5.75 Å². The highest BCUT2D eigenvalue weighted by Gasteiger charge is 2.20. The molecule has 0 spiro atoms. The Morgan fingerprint density at radius 1 is 1.40 bits per heavy atom. The molecule has 1 N–H and O–H groups in total. The van der Waals surface area contributed by atoms with E-state index in [0.29, 0.717) is 5.92 Å². The Labute approximate surface area is 152 Å². The van der Waals surface area contributed by atoms with E-state index in [1.807, 2.05) is 36.4 Å². The molecule has 0 bridgehead atoms. The first-order chi connectivity index (χ1) is 12.2. The number of thiophene rings is 1. The molecule has 25 heavy (non-hydrogen) atoms. The second-order valence-corrected chi connectivity index (χ2v) is 7.36. The highest BCUT2D eigenvalue weighted by atomic mass is 32.1. The summed E-state index contributed by atoms with van der Waals surface area (Å²) in [6.07, 6.45) is 8.60. The fourth-order valence-electron chi connectivity index (χ4n) is 2.96. The van der Waals surface area contributed by atoms with Gasteiger partial charge in [0.25, 0.3) is 5.91 Å². The number of carbonyl (C=O) groups excluding carboxylic acids is 1. The first-order valence-corrected chi connectivity index (χ1v) is 9.23. The van der Waals surface area contributed by atoms with Crippen LogP contribution in [-0.2, 0) is 12.8 Å². The van der Waals surface area contributed by atoms with Crippen molar-refractivity contribution in [1.82, 2.24) is 5.43 Å². The number of allylic oxidation sites excluding steroid dienone is 1. The fourth-order valence-corrected chi connectivity index (χ4v) is 4.06. The van der Waals surface area contributed by atoms with Gasteiger partial charge in [0.05, 0.1) is 12.0 Å². The smallest absolute Gasteiger partial charge is 0.281 e. The van der Waals surface area contributed by atoms with E-state index < -0.39 is 0 Å². The van der Waals surface area contributed by atoms with Gasteiger partial charge in [-0.2, -0.15) is 5.10 Å². The summed E-state index contributed by atoms with van der Waals surface area (Å²) in [6, 6.07) is 9.74. The minimum atomic E-state index is -0.144. The maximum absolute atomic E-state index is 12.2. The second-order valence-electron chi connectivity index (χ2n) is 6.23.